The van der Waals surface area contributed by atoms with Gasteiger partial charge in [0.2, 0.25) is 17.7 Å². The van der Waals surface area contributed by atoms with E-state index in [0.717, 1.165) is 39.4 Å². The minimum absolute atomic E-state index is 0.0351. The highest BCUT2D eigenvalue weighted by molar-refractivity contribution is 5.95. The first-order valence-corrected chi connectivity index (χ1v) is 14.4. The molecule has 228 valence electrons. The largest absolute Gasteiger partial charge is 0.480 e. The quantitative estimate of drug-likeness (QED) is 0.0956. The summed E-state index contributed by atoms with van der Waals surface area (Å²) in [6, 6.07) is 10.8. The smallest absolute Gasteiger partial charge is 0.326 e. The number of benzene rings is 2. The van der Waals surface area contributed by atoms with Crippen LogP contribution in [0.1, 0.15) is 37.3 Å². The van der Waals surface area contributed by atoms with E-state index in [1.54, 1.807) is 12.4 Å². The van der Waals surface area contributed by atoms with Gasteiger partial charge in [-0.25, -0.2) is 4.79 Å². The number of fused-ring (bicyclic) bond motifs is 2. The summed E-state index contributed by atoms with van der Waals surface area (Å²) in [4.78, 5) is 57.9. The number of carbonyl (C=O) groups is 4. The molecule has 2 aromatic heterocycles. The number of hydrogen-bond acceptors (Lipinski definition) is 6. The van der Waals surface area contributed by atoms with E-state index in [1.807, 2.05) is 48.5 Å². The molecule has 43 heavy (non-hydrogen) atoms. The van der Waals surface area contributed by atoms with E-state index in [1.165, 1.54) is 6.92 Å². The molecule has 12 heteroatoms. The second-order valence-corrected chi connectivity index (χ2v) is 10.7. The van der Waals surface area contributed by atoms with Gasteiger partial charge < -0.3 is 42.5 Å². The number of carboxylic acid groups (broad SMARTS) is 1. The molecule has 10 N–H and O–H groups in total. The molecule has 0 radical (unpaired) electrons. The molecule has 0 aliphatic carbocycles. The number of amides is 3. The third-order valence-corrected chi connectivity index (χ3v) is 7.50. The molecule has 0 aliphatic heterocycles. The maximum absolute atomic E-state index is 13.6. The Morgan fingerprint density at radius 1 is 0.767 bits per heavy atom. The molecular formula is C31H39N7O5. The van der Waals surface area contributed by atoms with Gasteiger partial charge in [0.25, 0.3) is 0 Å². The molecule has 0 fully saturated rings. The van der Waals surface area contributed by atoms with Crippen molar-refractivity contribution in [2.75, 3.05) is 6.54 Å². The van der Waals surface area contributed by atoms with Crippen LogP contribution < -0.4 is 27.4 Å². The first-order chi connectivity index (χ1) is 20.7. The summed E-state index contributed by atoms with van der Waals surface area (Å²) in [6.45, 7) is 2.00. The van der Waals surface area contributed by atoms with Crippen molar-refractivity contribution < 1.29 is 24.3 Å². The van der Waals surface area contributed by atoms with Crippen LogP contribution in [-0.2, 0) is 32.0 Å². The van der Waals surface area contributed by atoms with Crippen LogP contribution in [0.15, 0.2) is 60.9 Å². The Labute approximate surface area is 249 Å². The second kappa shape index (κ2) is 14.5. The number of aromatic amines is 2. The van der Waals surface area contributed by atoms with E-state index >= 15 is 0 Å². The molecule has 3 amide bonds. The monoisotopic (exact) mass is 589 g/mol. The Bertz CT molecular complexity index is 1580. The number of unbranched alkanes of at least 4 members (excludes halogenated alkanes) is 1. The van der Waals surface area contributed by atoms with Gasteiger partial charge in [0.05, 0.1) is 6.04 Å². The average Bonchev–Trinajstić information content (AvgIpc) is 3.60. The molecule has 4 unspecified atom stereocenters. The van der Waals surface area contributed by atoms with Crippen molar-refractivity contribution in [3.8, 4) is 0 Å². The van der Waals surface area contributed by atoms with E-state index in [0.29, 0.717) is 19.4 Å². The highest BCUT2D eigenvalue weighted by atomic mass is 16.4. The fourth-order valence-electron chi connectivity index (χ4n) is 5.04. The molecule has 2 heterocycles. The van der Waals surface area contributed by atoms with Gasteiger partial charge in [-0.1, -0.05) is 42.8 Å². The van der Waals surface area contributed by atoms with Crippen molar-refractivity contribution in [3.05, 3.63) is 72.1 Å². The van der Waals surface area contributed by atoms with Gasteiger partial charge in [-0.3, -0.25) is 14.4 Å². The molecule has 4 atom stereocenters. The molecule has 0 aliphatic rings. The zero-order chi connectivity index (χ0) is 30.9. The standard InChI is InChI=1S/C31H39N7O5/c1-18(36-29(40)23(33)10-6-7-13-32)28(39)37-26(14-19-16-34-24-11-4-2-8-21(19)24)30(41)38-27(31(42)43)15-20-17-35-25-12-5-3-9-22(20)25/h2-5,8-9,11-12,16-18,23,26-27,34-35H,6-7,10,13-15,32-33H2,1H3,(H,36,40)(H,37,39)(H,38,41)(H,42,43). The summed E-state index contributed by atoms with van der Waals surface area (Å²) in [7, 11) is 0. The predicted octanol–water partition coefficient (Wildman–Crippen LogP) is 1.45. The maximum atomic E-state index is 13.6. The van der Waals surface area contributed by atoms with Crippen molar-refractivity contribution in [1.82, 2.24) is 25.9 Å². The highest BCUT2D eigenvalue weighted by Crippen LogP contribution is 2.21. The summed E-state index contributed by atoms with van der Waals surface area (Å²) in [6.07, 6.45) is 5.44. The normalized spacial score (nSPS) is 14.1. The summed E-state index contributed by atoms with van der Waals surface area (Å²) in [5, 5.41) is 19.6. The number of nitrogens with one attached hydrogen (secondary N) is 5. The molecule has 4 rings (SSSR count). The fraction of sp³-hybridized carbons (Fsp3) is 0.355. The first kappa shape index (κ1) is 31.3. The van der Waals surface area contributed by atoms with Gasteiger partial charge in [-0.15, -0.1) is 0 Å². The van der Waals surface area contributed by atoms with E-state index < -0.39 is 47.9 Å². The summed E-state index contributed by atoms with van der Waals surface area (Å²) in [5.74, 6) is -2.96. The molecule has 4 aromatic rings. The number of aromatic nitrogens is 2. The molecule has 0 saturated heterocycles. The van der Waals surface area contributed by atoms with Gasteiger partial charge in [0, 0.05) is 47.0 Å². The number of nitrogens with two attached hydrogens (primary N) is 2. The molecule has 0 saturated carbocycles. The number of para-hydroxylation sites is 2. The Hall–Kier alpha value is -4.68. The lowest BCUT2D eigenvalue weighted by Crippen LogP contribution is -2.57. The van der Waals surface area contributed by atoms with Crippen LogP contribution >= 0.6 is 0 Å². The van der Waals surface area contributed by atoms with Crippen LogP contribution in [0, 0.1) is 0 Å². The van der Waals surface area contributed by atoms with Crippen LogP contribution in [-0.4, -0.2) is 69.5 Å². The van der Waals surface area contributed by atoms with Gasteiger partial charge in [-0.05, 0) is 49.6 Å². The second-order valence-electron chi connectivity index (χ2n) is 10.7. The van der Waals surface area contributed by atoms with Crippen LogP contribution in [0.25, 0.3) is 21.8 Å². The molecule has 12 nitrogen and oxygen atoms in total. The van der Waals surface area contributed by atoms with E-state index in [-0.39, 0.29) is 12.8 Å². The SMILES string of the molecule is CC(NC(=O)C(N)CCCCN)C(=O)NC(Cc1c[nH]c2ccccc12)C(=O)NC(Cc1c[nH]c2ccccc12)C(=O)O. The number of carbonyl (C=O) groups excluding carboxylic acids is 3. The molecule has 0 spiro atoms. The topological polar surface area (TPSA) is 208 Å². The fourth-order valence-corrected chi connectivity index (χ4v) is 5.04. The summed E-state index contributed by atoms with van der Waals surface area (Å²) in [5.41, 5.74) is 14.7. The van der Waals surface area contributed by atoms with Crippen molar-refractivity contribution in [2.24, 2.45) is 11.5 Å². The molecule has 0 bridgehead atoms. The van der Waals surface area contributed by atoms with Crippen LogP contribution in [0.4, 0.5) is 0 Å². The molecular weight excluding hydrogens is 550 g/mol. The third-order valence-electron chi connectivity index (χ3n) is 7.50. The predicted molar refractivity (Wildman–Crippen MR) is 164 cm³/mol. The van der Waals surface area contributed by atoms with Gasteiger partial charge in [0.1, 0.15) is 18.1 Å². The van der Waals surface area contributed by atoms with Gasteiger partial charge in [0.15, 0.2) is 0 Å². The van der Waals surface area contributed by atoms with Crippen molar-refractivity contribution in [3.63, 3.8) is 0 Å². The number of rotatable bonds is 15. The number of hydrogen-bond donors (Lipinski definition) is 8. The number of carboxylic acids is 1. The van der Waals surface area contributed by atoms with E-state index in [9.17, 15) is 24.3 Å². The van der Waals surface area contributed by atoms with E-state index in [4.69, 9.17) is 11.5 Å². The van der Waals surface area contributed by atoms with Crippen LogP contribution in [0.5, 0.6) is 0 Å². The van der Waals surface area contributed by atoms with Crippen LogP contribution in [0.2, 0.25) is 0 Å². The third kappa shape index (κ3) is 7.99. The molecule has 2 aromatic carbocycles. The average molecular weight is 590 g/mol. The Morgan fingerprint density at radius 2 is 1.30 bits per heavy atom. The summed E-state index contributed by atoms with van der Waals surface area (Å²) >= 11 is 0. The lowest BCUT2D eigenvalue weighted by molar-refractivity contribution is -0.142. The first-order valence-electron chi connectivity index (χ1n) is 14.4. The lowest BCUT2D eigenvalue weighted by Gasteiger charge is -2.24. The highest BCUT2D eigenvalue weighted by Gasteiger charge is 2.30. The van der Waals surface area contributed by atoms with Gasteiger partial charge in [-0.2, -0.15) is 0 Å². The zero-order valence-corrected chi connectivity index (χ0v) is 24.1. The van der Waals surface area contributed by atoms with Crippen LogP contribution in [0.3, 0.4) is 0 Å². The lowest BCUT2D eigenvalue weighted by atomic mass is 10.0. The number of aliphatic carboxylic acids is 1. The summed E-state index contributed by atoms with van der Waals surface area (Å²) < 4.78 is 0. The van der Waals surface area contributed by atoms with Gasteiger partial charge >= 0.3 is 5.97 Å². The maximum Gasteiger partial charge on any atom is 0.326 e. The van der Waals surface area contributed by atoms with Crippen molar-refractivity contribution in [1.29, 1.82) is 0 Å². The minimum atomic E-state index is -1.25. The Morgan fingerprint density at radius 3 is 1.86 bits per heavy atom. The minimum Gasteiger partial charge on any atom is -0.480 e. The Kier molecular flexibility index (Phi) is 10.5. The van der Waals surface area contributed by atoms with E-state index in [2.05, 4.69) is 25.9 Å². The Balaban J connectivity index is 1.50. The van der Waals surface area contributed by atoms with Crippen molar-refractivity contribution in [2.45, 2.75) is 63.2 Å². The van der Waals surface area contributed by atoms with Crippen molar-refractivity contribution >= 4 is 45.5 Å². The zero-order valence-electron chi connectivity index (χ0n) is 24.1. The number of H-pyrrole nitrogens is 2.